The van der Waals surface area contributed by atoms with Gasteiger partial charge in [0.05, 0.1) is 5.69 Å². The van der Waals surface area contributed by atoms with Crippen LogP contribution in [0.15, 0.2) is 12.3 Å². The molecule has 0 amide bonds. The molecule has 2 N–H and O–H groups in total. The molecule has 0 aliphatic heterocycles. The molecule has 4 heteroatoms. The van der Waals surface area contributed by atoms with Crippen LogP contribution in [0.3, 0.4) is 0 Å². The average molecular weight is 183 g/mol. The average Bonchev–Trinajstić information content (AvgIpc) is 2.49. The SMILES string of the molecule is CC(CCO)NCc1ccn(C)n1. The maximum atomic E-state index is 8.68. The Morgan fingerprint density at radius 2 is 2.46 bits per heavy atom. The largest absolute Gasteiger partial charge is 0.396 e. The highest BCUT2D eigenvalue weighted by Crippen LogP contribution is 1.95. The van der Waals surface area contributed by atoms with Crippen LogP contribution in [-0.2, 0) is 13.6 Å². The van der Waals surface area contributed by atoms with Gasteiger partial charge in [0.2, 0.25) is 0 Å². The van der Waals surface area contributed by atoms with Crippen molar-refractivity contribution in [2.75, 3.05) is 6.61 Å². The summed E-state index contributed by atoms with van der Waals surface area (Å²) in [5.41, 5.74) is 1.03. The van der Waals surface area contributed by atoms with E-state index in [4.69, 9.17) is 5.11 Å². The van der Waals surface area contributed by atoms with Crippen LogP contribution in [0.4, 0.5) is 0 Å². The van der Waals surface area contributed by atoms with Gasteiger partial charge in [0.25, 0.3) is 0 Å². The molecule has 0 bridgehead atoms. The highest BCUT2D eigenvalue weighted by atomic mass is 16.3. The summed E-state index contributed by atoms with van der Waals surface area (Å²) in [6.45, 7) is 3.05. The summed E-state index contributed by atoms with van der Waals surface area (Å²) in [4.78, 5) is 0. The van der Waals surface area contributed by atoms with Crippen LogP contribution in [0.2, 0.25) is 0 Å². The molecule has 1 atom stereocenters. The summed E-state index contributed by atoms with van der Waals surface area (Å²) in [5.74, 6) is 0. The number of aryl methyl sites for hydroxylation is 1. The van der Waals surface area contributed by atoms with Gasteiger partial charge < -0.3 is 10.4 Å². The second-order valence-electron chi connectivity index (χ2n) is 3.27. The molecule has 0 fully saturated rings. The number of rotatable bonds is 5. The predicted molar refractivity (Wildman–Crippen MR) is 51.2 cm³/mol. The summed E-state index contributed by atoms with van der Waals surface area (Å²) in [7, 11) is 1.90. The fraction of sp³-hybridized carbons (Fsp3) is 0.667. The molecule has 0 saturated carbocycles. The number of nitrogens with one attached hydrogen (secondary N) is 1. The summed E-state index contributed by atoms with van der Waals surface area (Å²) in [6.07, 6.45) is 2.71. The van der Waals surface area contributed by atoms with Crippen molar-refractivity contribution < 1.29 is 5.11 Å². The first kappa shape index (κ1) is 10.2. The maximum Gasteiger partial charge on any atom is 0.0762 e. The molecule has 74 valence electrons. The summed E-state index contributed by atoms with van der Waals surface area (Å²) >= 11 is 0. The van der Waals surface area contributed by atoms with E-state index >= 15 is 0 Å². The smallest absolute Gasteiger partial charge is 0.0762 e. The first-order chi connectivity index (χ1) is 6.22. The fourth-order valence-corrected chi connectivity index (χ4v) is 1.13. The Balaban J connectivity index is 2.26. The van der Waals surface area contributed by atoms with Crippen molar-refractivity contribution in [2.45, 2.75) is 25.9 Å². The molecule has 1 aromatic rings. The van der Waals surface area contributed by atoms with E-state index < -0.39 is 0 Å². The van der Waals surface area contributed by atoms with Crippen LogP contribution in [0, 0.1) is 0 Å². The van der Waals surface area contributed by atoms with Crippen molar-refractivity contribution in [1.82, 2.24) is 15.1 Å². The fourth-order valence-electron chi connectivity index (χ4n) is 1.13. The molecular weight excluding hydrogens is 166 g/mol. The topological polar surface area (TPSA) is 50.1 Å². The molecule has 0 spiro atoms. The molecule has 0 saturated heterocycles. The number of aliphatic hydroxyl groups is 1. The van der Waals surface area contributed by atoms with Gasteiger partial charge in [-0.3, -0.25) is 4.68 Å². The van der Waals surface area contributed by atoms with E-state index in [1.807, 2.05) is 19.3 Å². The number of aromatic nitrogens is 2. The van der Waals surface area contributed by atoms with E-state index in [2.05, 4.69) is 17.3 Å². The standard InChI is InChI=1S/C9H17N3O/c1-8(4-6-13)10-7-9-3-5-12(2)11-9/h3,5,8,10,13H,4,6-7H2,1-2H3. The van der Waals surface area contributed by atoms with Crippen molar-refractivity contribution in [3.8, 4) is 0 Å². The molecule has 13 heavy (non-hydrogen) atoms. The van der Waals surface area contributed by atoms with Gasteiger partial charge in [-0.05, 0) is 19.4 Å². The third kappa shape index (κ3) is 3.57. The zero-order valence-corrected chi connectivity index (χ0v) is 8.20. The number of nitrogens with zero attached hydrogens (tertiary/aromatic N) is 2. The van der Waals surface area contributed by atoms with Crippen LogP contribution in [0.25, 0.3) is 0 Å². The Kier molecular flexibility index (Phi) is 3.92. The van der Waals surface area contributed by atoms with Crippen LogP contribution >= 0.6 is 0 Å². The van der Waals surface area contributed by atoms with Crippen molar-refractivity contribution in [3.63, 3.8) is 0 Å². The van der Waals surface area contributed by atoms with Crippen molar-refractivity contribution in [3.05, 3.63) is 18.0 Å². The molecule has 4 nitrogen and oxygen atoms in total. The summed E-state index contributed by atoms with van der Waals surface area (Å²) in [5, 5.41) is 16.2. The van der Waals surface area contributed by atoms with Crippen LogP contribution < -0.4 is 5.32 Å². The lowest BCUT2D eigenvalue weighted by molar-refractivity contribution is 0.268. The second kappa shape index (κ2) is 4.99. The summed E-state index contributed by atoms with van der Waals surface area (Å²) in [6, 6.07) is 2.32. The Hall–Kier alpha value is -0.870. The van der Waals surface area contributed by atoms with E-state index in [1.165, 1.54) is 0 Å². The van der Waals surface area contributed by atoms with Gasteiger partial charge in [0.1, 0.15) is 0 Å². The highest BCUT2D eigenvalue weighted by molar-refractivity contribution is 4.98. The second-order valence-corrected chi connectivity index (χ2v) is 3.27. The third-order valence-corrected chi connectivity index (χ3v) is 1.96. The Labute approximate surface area is 78.6 Å². The van der Waals surface area contributed by atoms with Gasteiger partial charge >= 0.3 is 0 Å². The molecule has 1 aromatic heterocycles. The molecule has 0 aromatic carbocycles. The molecule has 0 aliphatic carbocycles. The minimum absolute atomic E-state index is 0.233. The van der Waals surface area contributed by atoms with Gasteiger partial charge in [0.15, 0.2) is 0 Å². The molecule has 1 rings (SSSR count). The van der Waals surface area contributed by atoms with E-state index in [0.717, 1.165) is 18.7 Å². The Bertz CT molecular complexity index is 247. The van der Waals surface area contributed by atoms with Crippen LogP contribution in [-0.4, -0.2) is 27.5 Å². The zero-order valence-electron chi connectivity index (χ0n) is 8.20. The first-order valence-corrected chi connectivity index (χ1v) is 4.55. The predicted octanol–water partition coefficient (Wildman–Crippen LogP) is 0.281. The third-order valence-electron chi connectivity index (χ3n) is 1.96. The van der Waals surface area contributed by atoms with Crippen LogP contribution in [0.5, 0.6) is 0 Å². The van der Waals surface area contributed by atoms with Gasteiger partial charge in [-0.25, -0.2) is 0 Å². The number of hydrogen-bond donors (Lipinski definition) is 2. The summed E-state index contributed by atoms with van der Waals surface area (Å²) < 4.78 is 1.79. The van der Waals surface area contributed by atoms with Gasteiger partial charge in [0, 0.05) is 32.4 Å². The van der Waals surface area contributed by atoms with Gasteiger partial charge in [-0.15, -0.1) is 0 Å². The minimum Gasteiger partial charge on any atom is -0.396 e. The van der Waals surface area contributed by atoms with Gasteiger partial charge in [-0.2, -0.15) is 5.10 Å². The Morgan fingerprint density at radius 1 is 1.69 bits per heavy atom. The lowest BCUT2D eigenvalue weighted by Gasteiger charge is -2.10. The first-order valence-electron chi connectivity index (χ1n) is 4.55. The lowest BCUT2D eigenvalue weighted by Crippen LogP contribution is -2.26. The van der Waals surface area contributed by atoms with Gasteiger partial charge in [-0.1, -0.05) is 0 Å². The zero-order chi connectivity index (χ0) is 9.68. The van der Waals surface area contributed by atoms with Crippen molar-refractivity contribution in [1.29, 1.82) is 0 Å². The van der Waals surface area contributed by atoms with E-state index in [1.54, 1.807) is 4.68 Å². The molecular formula is C9H17N3O. The lowest BCUT2D eigenvalue weighted by atomic mass is 10.2. The minimum atomic E-state index is 0.233. The maximum absolute atomic E-state index is 8.68. The van der Waals surface area contributed by atoms with E-state index in [9.17, 15) is 0 Å². The van der Waals surface area contributed by atoms with E-state index in [0.29, 0.717) is 6.04 Å². The van der Waals surface area contributed by atoms with E-state index in [-0.39, 0.29) is 6.61 Å². The Morgan fingerprint density at radius 3 is 3.00 bits per heavy atom. The highest BCUT2D eigenvalue weighted by Gasteiger charge is 2.01. The number of hydrogen-bond acceptors (Lipinski definition) is 3. The van der Waals surface area contributed by atoms with Crippen LogP contribution in [0.1, 0.15) is 19.0 Å². The molecule has 1 heterocycles. The molecule has 1 unspecified atom stereocenters. The molecule has 0 radical (unpaired) electrons. The normalized spacial score (nSPS) is 13.2. The number of aliphatic hydroxyl groups excluding tert-OH is 1. The molecule has 0 aliphatic rings. The monoisotopic (exact) mass is 183 g/mol. The quantitative estimate of drug-likeness (QED) is 0.689. The van der Waals surface area contributed by atoms with Crippen molar-refractivity contribution in [2.24, 2.45) is 7.05 Å². The van der Waals surface area contributed by atoms with Crippen molar-refractivity contribution >= 4 is 0 Å².